The van der Waals surface area contributed by atoms with Gasteiger partial charge in [0.25, 0.3) is 0 Å². The molecular weight excluding hydrogens is 212 g/mol. The molecule has 2 rings (SSSR count). The van der Waals surface area contributed by atoms with E-state index in [1.165, 1.54) is 22.3 Å². The topological polar surface area (TPSA) is 38.1 Å². The van der Waals surface area contributed by atoms with Crippen molar-refractivity contribution >= 4 is 0 Å². The van der Waals surface area contributed by atoms with Gasteiger partial charge in [-0.3, -0.25) is 0 Å². The lowest BCUT2D eigenvalue weighted by molar-refractivity contribution is 0.372. The first kappa shape index (κ1) is 11.9. The Labute approximate surface area is 102 Å². The molecule has 1 heterocycles. The normalized spacial score (nSPS) is 10.8. The van der Waals surface area contributed by atoms with Crippen molar-refractivity contribution in [2.24, 2.45) is 0 Å². The van der Waals surface area contributed by atoms with E-state index in [4.69, 9.17) is 4.52 Å². The molecule has 0 aliphatic carbocycles. The lowest BCUT2D eigenvalue weighted by atomic mass is 10.00. The molecule has 1 aromatic carbocycles. The molecule has 0 atom stereocenters. The third-order valence-electron chi connectivity index (χ3n) is 2.93. The van der Waals surface area contributed by atoms with Crippen molar-refractivity contribution in [2.75, 3.05) is 0 Å². The maximum atomic E-state index is 5.04. The van der Waals surface area contributed by atoms with Crippen LogP contribution in [0.3, 0.4) is 0 Å². The molecule has 17 heavy (non-hydrogen) atoms. The molecule has 3 nitrogen and oxygen atoms in total. The summed E-state index contributed by atoms with van der Waals surface area (Å²) in [5.74, 6) is 0.868. The predicted octanol–water partition coefficient (Wildman–Crippen LogP) is 2.89. The Morgan fingerprint density at radius 1 is 1.12 bits per heavy atom. The fourth-order valence-electron chi connectivity index (χ4n) is 2.13. The monoisotopic (exact) mass is 230 g/mol. The van der Waals surface area contributed by atoms with Gasteiger partial charge in [0.15, 0.2) is 0 Å². The lowest BCUT2D eigenvalue weighted by Gasteiger charge is -2.11. The minimum absolute atomic E-state index is 0.715. The molecular formula is C14H18N2O. The summed E-state index contributed by atoms with van der Waals surface area (Å²) in [6.07, 6.45) is 1.67. The summed E-state index contributed by atoms with van der Waals surface area (Å²) in [7, 11) is 0. The van der Waals surface area contributed by atoms with E-state index in [0.717, 1.165) is 12.3 Å². The standard InChI is InChI=1S/C14H18N2O/c1-10-6-11(2)14(12(3)7-10)9-15-8-13-4-5-16-17-13/h4-7,15H,8-9H2,1-3H3. The van der Waals surface area contributed by atoms with Crippen molar-refractivity contribution in [3.63, 3.8) is 0 Å². The van der Waals surface area contributed by atoms with Crippen molar-refractivity contribution in [3.8, 4) is 0 Å². The van der Waals surface area contributed by atoms with Crippen LogP contribution in [0.2, 0.25) is 0 Å². The molecule has 0 amide bonds. The van der Waals surface area contributed by atoms with Gasteiger partial charge >= 0.3 is 0 Å². The highest BCUT2D eigenvalue weighted by Crippen LogP contribution is 2.16. The van der Waals surface area contributed by atoms with E-state index in [0.29, 0.717) is 6.54 Å². The van der Waals surface area contributed by atoms with Crippen molar-refractivity contribution in [3.05, 3.63) is 52.4 Å². The molecule has 0 aliphatic heterocycles. The number of nitrogens with zero attached hydrogens (tertiary/aromatic N) is 1. The zero-order valence-corrected chi connectivity index (χ0v) is 10.6. The van der Waals surface area contributed by atoms with Gasteiger partial charge in [0.1, 0.15) is 5.76 Å². The highest BCUT2D eigenvalue weighted by Gasteiger charge is 2.04. The summed E-state index contributed by atoms with van der Waals surface area (Å²) < 4.78 is 5.04. The average molecular weight is 230 g/mol. The highest BCUT2D eigenvalue weighted by atomic mass is 16.5. The molecule has 0 fully saturated rings. The van der Waals surface area contributed by atoms with E-state index >= 15 is 0 Å². The largest absolute Gasteiger partial charge is 0.360 e. The molecule has 2 aromatic rings. The van der Waals surface area contributed by atoms with Gasteiger partial charge in [0.2, 0.25) is 0 Å². The first-order chi connectivity index (χ1) is 8.16. The summed E-state index contributed by atoms with van der Waals surface area (Å²) >= 11 is 0. The van der Waals surface area contributed by atoms with Gasteiger partial charge in [-0.1, -0.05) is 22.9 Å². The number of aromatic nitrogens is 1. The van der Waals surface area contributed by atoms with Crippen LogP contribution in [-0.4, -0.2) is 5.16 Å². The molecule has 0 unspecified atom stereocenters. The maximum Gasteiger partial charge on any atom is 0.150 e. The Morgan fingerprint density at radius 3 is 2.41 bits per heavy atom. The van der Waals surface area contributed by atoms with Crippen molar-refractivity contribution in [1.82, 2.24) is 10.5 Å². The number of benzene rings is 1. The fourth-order valence-corrected chi connectivity index (χ4v) is 2.13. The number of nitrogens with one attached hydrogen (secondary N) is 1. The molecule has 3 heteroatoms. The molecule has 0 saturated heterocycles. The van der Waals surface area contributed by atoms with Gasteiger partial charge in [-0.05, 0) is 37.5 Å². The summed E-state index contributed by atoms with van der Waals surface area (Å²) in [6.45, 7) is 8.02. The van der Waals surface area contributed by atoms with Crippen LogP contribution in [0.5, 0.6) is 0 Å². The van der Waals surface area contributed by atoms with E-state index in [-0.39, 0.29) is 0 Å². The van der Waals surface area contributed by atoms with Crippen LogP contribution in [-0.2, 0) is 13.1 Å². The van der Waals surface area contributed by atoms with Crippen molar-refractivity contribution in [1.29, 1.82) is 0 Å². The van der Waals surface area contributed by atoms with Gasteiger partial charge in [-0.25, -0.2) is 0 Å². The SMILES string of the molecule is Cc1cc(C)c(CNCc2ccno2)c(C)c1. The molecule has 0 aliphatic rings. The lowest BCUT2D eigenvalue weighted by Crippen LogP contribution is -2.14. The Hall–Kier alpha value is -1.61. The smallest absolute Gasteiger partial charge is 0.150 e. The fraction of sp³-hybridized carbons (Fsp3) is 0.357. The molecule has 0 bridgehead atoms. The number of rotatable bonds is 4. The van der Waals surface area contributed by atoms with Gasteiger partial charge in [-0.2, -0.15) is 0 Å². The third-order valence-corrected chi connectivity index (χ3v) is 2.93. The quantitative estimate of drug-likeness (QED) is 0.877. The molecule has 0 spiro atoms. The van der Waals surface area contributed by atoms with Crippen LogP contribution in [0.1, 0.15) is 28.0 Å². The van der Waals surface area contributed by atoms with Crippen molar-refractivity contribution in [2.45, 2.75) is 33.9 Å². The second-order valence-corrected chi connectivity index (χ2v) is 4.46. The first-order valence-corrected chi connectivity index (χ1v) is 5.84. The Kier molecular flexibility index (Phi) is 3.59. The van der Waals surface area contributed by atoms with Crippen LogP contribution in [0.4, 0.5) is 0 Å². The minimum Gasteiger partial charge on any atom is -0.360 e. The van der Waals surface area contributed by atoms with E-state index < -0.39 is 0 Å². The average Bonchev–Trinajstić information content (AvgIpc) is 2.74. The van der Waals surface area contributed by atoms with Gasteiger partial charge in [0, 0.05) is 12.6 Å². The van der Waals surface area contributed by atoms with Crippen LogP contribution < -0.4 is 5.32 Å². The highest BCUT2D eigenvalue weighted by molar-refractivity contribution is 5.37. The zero-order valence-electron chi connectivity index (χ0n) is 10.6. The van der Waals surface area contributed by atoms with Gasteiger partial charge < -0.3 is 9.84 Å². The summed E-state index contributed by atoms with van der Waals surface area (Å²) in [6, 6.07) is 6.32. The number of hydrogen-bond acceptors (Lipinski definition) is 3. The number of hydrogen-bond donors (Lipinski definition) is 1. The van der Waals surface area contributed by atoms with Crippen LogP contribution in [0.15, 0.2) is 28.9 Å². The molecule has 0 saturated carbocycles. The molecule has 0 radical (unpaired) electrons. The van der Waals surface area contributed by atoms with E-state index in [2.05, 4.69) is 43.4 Å². The maximum absolute atomic E-state index is 5.04. The van der Waals surface area contributed by atoms with Gasteiger partial charge in [-0.15, -0.1) is 0 Å². The Morgan fingerprint density at radius 2 is 1.82 bits per heavy atom. The minimum atomic E-state index is 0.715. The van der Waals surface area contributed by atoms with E-state index in [1.807, 2.05) is 6.07 Å². The van der Waals surface area contributed by atoms with Crippen LogP contribution >= 0.6 is 0 Å². The second-order valence-electron chi connectivity index (χ2n) is 4.46. The number of aryl methyl sites for hydroxylation is 3. The zero-order chi connectivity index (χ0) is 12.3. The van der Waals surface area contributed by atoms with Crippen LogP contribution in [0.25, 0.3) is 0 Å². The van der Waals surface area contributed by atoms with Crippen molar-refractivity contribution < 1.29 is 4.52 Å². The third kappa shape index (κ3) is 2.94. The van der Waals surface area contributed by atoms with Gasteiger partial charge in [0.05, 0.1) is 12.7 Å². The van der Waals surface area contributed by atoms with Crippen LogP contribution in [0, 0.1) is 20.8 Å². The predicted molar refractivity (Wildman–Crippen MR) is 67.7 cm³/mol. The second kappa shape index (κ2) is 5.15. The molecule has 1 aromatic heterocycles. The summed E-state index contributed by atoms with van der Waals surface area (Å²) in [5.41, 5.74) is 5.37. The Bertz CT molecular complexity index is 466. The Balaban J connectivity index is 1.99. The van der Waals surface area contributed by atoms with E-state index in [9.17, 15) is 0 Å². The summed E-state index contributed by atoms with van der Waals surface area (Å²) in [4.78, 5) is 0. The first-order valence-electron chi connectivity index (χ1n) is 5.84. The summed E-state index contributed by atoms with van der Waals surface area (Å²) in [5, 5.41) is 7.05. The van der Waals surface area contributed by atoms with E-state index in [1.54, 1.807) is 6.20 Å². The molecule has 90 valence electrons. The molecule has 1 N–H and O–H groups in total.